The molecule has 0 spiro atoms. The van der Waals surface area contributed by atoms with E-state index in [0.717, 1.165) is 52.9 Å². The van der Waals surface area contributed by atoms with Gasteiger partial charge in [-0.25, -0.2) is 8.42 Å². The Bertz CT molecular complexity index is 1510. The summed E-state index contributed by atoms with van der Waals surface area (Å²) in [5.74, 6) is -0.838. The first-order chi connectivity index (χ1) is 19.9. The van der Waals surface area contributed by atoms with Gasteiger partial charge >= 0.3 is 0 Å². The van der Waals surface area contributed by atoms with Crippen molar-refractivity contribution < 1.29 is 18.0 Å². The van der Waals surface area contributed by atoms with Crippen LogP contribution < -0.4 is 9.62 Å². The fraction of sp³-hybridized carbons (Fsp3) is 0.355. The highest BCUT2D eigenvalue weighted by atomic mass is 35.5. The number of halogens is 3. The van der Waals surface area contributed by atoms with E-state index in [0.29, 0.717) is 0 Å². The van der Waals surface area contributed by atoms with Gasteiger partial charge in [0.15, 0.2) is 0 Å². The van der Waals surface area contributed by atoms with Crippen molar-refractivity contribution >= 4 is 62.3 Å². The smallest absolute Gasteiger partial charge is 0.244 e. The van der Waals surface area contributed by atoms with Crippen LogP contribution in [0.15, 0.2) is 66.7 Å². The van der Waals surface area contributed by atoms with Gasteiger partial charge in [-0.15, -0.1) is 0 Å². The minimum atomic E-state index is -4.00. The monoisotopic (exact) mass is 649 g/mol. The van der Waals surface area contributed by atoms with Gasteiger partial charge in [-0.1, -0.05) is 108 Å². The zero-order chi connectivity index (χ0) is 30.4. The molecule has 3 aromatic rings. The van der Waals surface area contributed by atoms with E-state index in [4.69, 9.17) is 34.8 Å². The minimum absolute atomic E-state index is 0.0206. The number of carbonyl (C=O) groups is 2. The molecule has 0 heterocycles. The van der Waals surface area contributed by atoms with Crippen molar-refractivity contribution in [3.05, 3.63) is 98.5 Å². The average Bonchev–Trinajstić information content (AvgIpc) is 3.45. The number of rotatable bonds is 11. The molecule has 1 N–H and O–H groups in total. The quantitative estimate of drug-likeness (QED) is 0.243. The number of benzene rings is 3. The van der Waals surface area contributed by atoms with Crippen LogP contribution in [0.2, 0.25) is 15.1 Å². The fourth-order valence-electron chi connectivity index (χ4n) is 5.11. The van der Waals surface area contributed by atoms with E-state index in [9.17, 15) is 18.0 Å². The molecule has 0 saturated heterocycles. The lowest BCUT2D eigenvalue weighted by molar-refractivity contribution is -0.140. The third kappa shape index (κ3) is 8.40. The Morgan fingerprint density at radius 2 is 1.52 bits per heavy atom. The number of aryl methyl sites for hydroxylation is 1. The maximum absolute atomic E-state index is 14.2. The summed E-state index contributed by atoms with van der Waals surface area (Å²) in [6.45, 7) is 1.47. The molecule has 7 nitrogen and oxygen atoms in total. The summed E-state index contributed by atoms with van der Waals surface area (Å²) < 4.78 is 26.9. The molecule has 4 rings (SSSR count). The summed E-state index contributed by atoms with van der Waals surface area (Å²) >= 11 is 18.7. The summed E-state index contributed by atoms with van der Waals surface area (Å²) in [7, 11) is -4.00. The van der Waals surface area contributed by atoms with E-state index in [-0.39, 0.29) is 45.7 Å². The molecule has 1 fully saturated rings. The topological polar surface area (TPSA) is 86.8 Å². The Morgan fingerprint density at radius 3 is 2.14 bits per heavy atom. The Morgan fingerprint density at radius 1 is 0.905 bits per heavy atom. The molecule has 0 aliphatic heterocycles. The van der Waals surface area contributed by atoms with Crippen LogP contribution >= 0.6 is 34.8 Å². The van der Waals surface area contributed by atoms with Crippen LogP contribution in [0, 0.1) is 6.92 Å². The van der Waals surface area contributed by atoms with Crippen molar-refractivity contribution in [1.29, 1.82) is 0 Å². The molecule has 1 aliphatic rings. The van der Waals surface area contributed by atoms with E-state index in [1.54, 1.807) is 0 Å². The van der Waals surface area contributed by atoms with Gasteiger partial charge in [0.25, 0.3) is 0 Å². The van der Waals surface area contributed by atoms with Gasteiger partial charge in [0.05, 0.1) is 27.0 Å². The fourth-order valence-corrected chi connectivity index (χ4v) is 6.66. The van der Waals surface area contributed by atoms with Gasteiger partial charge in [-0.05, 0) is 43.0 Å². The minimum Gasteiger partial charge on any atom is -0.352 e. The molecule has 3 aromatic carbocycles. The first kappa shape index (κ1) is 32.1. The van der Waals surface area contributed by atoms with Crippen LogP contribution in [0.5, 0.6) is 0 Å². The van der Waals surface area contributed by atoms with Gasteiger partial charge < -0.3 is 10.2 Å². The zero-order valence-electron chi connectivity index (χ0n) is 23.5. The van der Waals surface area contributed by atoms with Gasteiger partial charge in [0.1, 0.15) is 12.6 Å². The molecule has 1 atom stereocenters. The lowest BCUT2D eigenvalue weighted by Crippen LogP contribution is -2.54. The van der Waals surface area contributed by atoms with Gasteiger partial charge in [-0.3, -0.25) is 13.9 Å². The van der Waals surface area contributed by atoms with E-state index >= 15 is 0 Å². The predicted octanol–water partition coefficient (Wildman–Crippen LogP) is 6.42. The normalized spacial score (nSPS) is 14.4. The molecular weight excluding hydrogens is 617 g/mol. The van der Waals surface area contributed by atoms with Crippen LogP contribution in [-0.2, 0) is 32.6 Å². The van der Waals surface area contributed by atoms with Crippen molar-refractivity contribution in [2.75, 3.05) is 17.1 Å². The molecule has 1 saturated carbocycles. The van der Waals surface area contributed by atoms with Crippen molar-refractivity contribution in [3.8, 4) is 0 Å². The number of hydrogen-bond donors (Lipinski definition) is 1. The number of hydrogen-bond acceptors (Lipinski definition) is 4. The average molecular weight is 651 g/mol. The molecule has 0 radical (unpaired) electrons. The van der Waals surface area contributed by atoms with E-state index in [2.05, 4.69) is 5.32 Å². The highest BCUT2D eigenvalue weighted by Gasteiger charge is 2.34. The molecule has 1 unspecified atom stereocenters. The predicted molar refractivity (Wildman–Crippen MR) is 170 cm³/mol. The summed E-state index contributed by atoms with van der Waals surface area (Å²) in [5, 5.41) is 3.41. The number of carbonyl (C=O) groups excluding carboxylic acids is 2. The SMILES string of the molecule is Cc1ccc(CN(C(=O)CN(c2cc(Cl)c(Cl)cc2Cl)S(C)(=O)=O)C(Cc2ccccc2)C(=O)NC2CCCC2)cc1. The van der Waals surface area contributed by atoms with E-state index < -0.39 is 28.5 Å². The Kier molecular flexibility index (Phi) is 10.8. The van der Waals surface area contributed by atoms with Crippen LogP contribution in [0.4, 0.5) is 5.69 Å². The van der Waals surface area contributed by atoms with Gasteiger partial charge in [0, 0.05) is 19.0 Å². The third-order valence-corrected chi connectivity index (χ3v) is 9.54. The molecule has 0 aromatic heterocycles. The molecule has 0 bridgehead atoms. The Balaban J connectivity index is 1.75. The zero-order valence-corrected chi connectivity index (χ0v) is 26.6. The molecule has 42 heavy (non-hydrogen) atoms. The highest BCUT2D eigenvalue weighted by molar-refractivity contribution is 7.92. The molecule has 1 aliphatic carbocycles. The van der Waals surface area contributed by atoms with Crippen molar-refractivity contribution in [2.24, 2.45) is 0 Å². The van der Waals surface area contributed by atoms with Crippen LogP contribution in [0.3, 0.4) is 0 Å². The van der Waals surface area contributed by atoms with Gasteiger partial charge in [-0.2, -0.15) is 0 Å². The maximum atomic E-state index is 14.2. The molecule has 2 amide bonds. The Hall–Kier alpha value is -2.78. The summed E-state index contributed by atoms with van der Waals surface area (Å²) in [6.07, 6.45) is 5.07. The van der Waals surface area contributed by atoms with E-state index in [1.165, 1.54) is 17.0 Å². The first-order valence-corrected chi connectivity index (χ1v) is 16.7. The second-order valence-electron chi connectivity index (χ2n) is 10.7. The highest BCUT2D eigenvalue weighted by Crippen LogP contribution is 2.35. The molecule has 11 heteroatoms. The lowest BCUT2D eigenvalue weighted by Gasteiger charge is -2.34. The number of nitrogens with one attached hydrogen (secondary N) is 1. The summed E-state index contributed by atoms with van der Waals surface area (Å²) in [4.78, 5) is 29.6. The summed E-state index contributed by atoms with van der Waals surface area (Å²) in [6, 6.07) is 18.9. The van der Waals surface area contributed by atoms with Crippen molar-refractivity contribution in [1.82, 2.24) is 10.2 Å². The lowest BCUT2D eigenvalue weighted by atomic mass is 10.0. The first-order valence-electron chi connectivity index (χ1n) is 13.7. The number of amides is 2. The third-order valence-electron chi connectivity index (χ3n) is 7.38. The number of anilines is 1. The van der Waals surface area contributed by atoms with Crippen LogP contribution in [0.1, 0.15) is 42.4 Å². The maximum Gasteiger partial charge on any atom is 0.244 e. The largest absolute Gasteiger partial charge is 0.352 e. The Labute approximate surface area is 262 Å². The van der Waals surface area contributed by atoms with E-state index in [1.807, 2.05) is 61.5 Å². The van der Waals surface area contributed by atoms with Crippen molar-refractivity contribution in [2.45, 2.75) is 57.7 Å². The summed E-state index contributed by atoms with van der Waals surface area (Å²) in [5.41, 5.74) is 2.75. The van der Waals surface area contributed by atoms with Gasteiger partial charge in [0.2, 0.25) is 21.8 Å². The van der Waals surface area contributed by atoms with Crippen LogP contribution in [-0.4, -0.2) is 50.0 Å². The standard InChI is InChI=1S/C31H34Cl3N3O4S/c1-21-12-14-23(15-13-21)19-36(29(16-22-8-4-3-5-9-22)31(39)35-24-10-6-7-11-24)30(38)20-37(42(2,40)41)28-18-26(33)25(32)17-27(28)34/h3-5,8-9,12-15,17-18,24,29H,6-7,10-11,16,19-20H2,1-2H3,(H,35,39). The van der Waals surface area contributed by atoms with Crippen LogP contribution in [0.25, 0.3) is 0 Å². The molecule has 224 valence electrons. The second-order valence-corrected chi connectivity index (χ2v) is 13.8. The molecular formula is C31H34Cl3N3O4S. The number of nitrogens with zero attached hydrogens (tertiary/aromatic N) is 2. The second kappa shape index (κ2) is 14.1. The number of sulfonamides is 1. The van der Waals surface area contributed by atoms with Crippen molar-refractivity contribution in [3.63, 3.8) is 0 Å².